The molecule has 2 nitrogen and oxygen atoms in total. The van der Waals surface area contributed by atoms with Gasteiger partial charge in [0.05, 0.1) is 5.56 Å². The molecule has 0 aliphatic rings. The van der Waals surface area contributed by atoms with Crippen molar-refractivity contribution in [2.24, 2.45) is 0 Å². The van der Waals surface area contributed by atoms with Crippen molar-refractivity contribution in [1.29, 1.82) is 5.26 Å². The Kier molecular flexibility index (Phi) is 3.01. The maximum absolute atomic E-state index is 8.78. The van der Waals surface area contributed by atoms with Crippen LogP contribution in [-0.2, 0) is 0 Å². The molecule has 1 N–H and O–H groups in total. The highest BCUT2D eigenvalue weighted by molar-refractivity contribution is 7.98. The molecular weight excluding hydrogens is 168 g/mol. The van der Waals surface area contributed by atoms with Crippen LogP contribution >= 0.6 is 11.8 Å². The van der Waals surface area contributed by atoms with E-state index in [0.29, 0.717) is 0 Å². The molecule has 0 aromatic heterocycles. The van der Waals surface area contributed by atoms with Gasteiger partial charge >= 0.3 is 0 Å². The van der Waals surface area contributed by atoms with E-state index in [0.717, 1.165) is 16.1 Å². The zero-order chi connectivity index (χ0) is 8.97. The highest BCUT2D eigenvalue weighted by Gasteiger charge is 2.00. The van der Waals surface area contributed by atoms with Gasteiger partial charge in [0.25, 0.3) is 0 Å². The van der Waals surface area contributed by atoms with Gasteiger partial charge < -0.3 is 5.32 Å². The van der Waals surface area contributed by atoms with Gasteiger partial charge in [-0.3, -0.25) is 0 Å². The first kappa shape index (κ1) is 8.95. The van der Waals surface area contributed by atoms with Crippen LogP contribution in [0.5, 0.6) is 0 Å². The number of anilines is 1. The molecule has 12 heavy (non-hydrogen) atoms. The molecule has 0 aliphatic carbocycles. The lowest BCUT2D eigenvalue weighted by molar-refractivity contribution is 1.35. The summed E-state index contributed by atoms with van der Waals surface area (Å²) in [6.45, 7) is 0. The van der Waals surface area contributed by atoms with Gasteiger partial charge in [-0.05, 0) is 24.5 Å². The molecule has 0 atom stereocenters. The zero-order valence-electron chi connectivity index (χ0n) is 7.09. The first-order valence-corrected chi connectivity index (χ1v) is 4.80. The minimum Gasteiger partial charge on any atom is -0.388 e. The molecular formula is C9H10N2S. The monoisotopic (exact) mass is 178 g/mol. The lowest BCUT2D eigenvalue weighted by atomic mass is 10.2. The van der Waals surface area contributed by atoms with Crippen molar-refractivity contribution >= 4 is 17.4 Å². The van der Waals surface area contributed by atoms with E-state index < -0.39 is 0 Å². The van der Waals surface area contributed by atoms with Crippen LogP contribution in [0.25, 0.3) is 0 Å². The average Bonchev–Trinajstić information content (AvgIpc) is 2.16. The minimum absolute atomic E-state index is 0.731. The fourth-order valence-corrected chi connectivity index (χ4v) is 1.48. The molecule has 1 rings (SSSR count). The first-order valence-electron chi connectivity index (χ1n) is 3.57. The molecule has 3 heteroatoms. The van der Waals surface area contributed by atoms with Crippen molar-refractivity contribution in [3.63, 3.8) is 0 Å². The number of nitrogens with one attached hydrogen (secondary N) is 1. The molecule has 0 spiro atoms. The van der Waals surface area contributed by atoms with Crippen LogP contribution in [0.1, 0.15) is 5.56 Å². The Bertz CT molecular complexity index is 315. The second kappa shape index (κ2) is 4.03. The summed E-state index contributed by atoms with van der Waals surface area (Å²) < 4.78 is 0. The largest absolute Gasteiger partial charge is 0.388 e. The number of hydrogen-bond donors (Lipinski definition) is 1. The fourth-order valence-electron chi connectivity index (χ4n) is 0.951. The quantitative estimate of drug-likeness (QED) is 0.706. The van der Waals surface area contributed by atoms with Crippen molar-refractivity contribution in [2.45, 2.75) is 4.90 Å². The normalized spacial score (nSPS) is 9.08. The predicted molar refractivity (Wildman–Crippen MR) is 52.5 cm³/mol. The summed E-state index contributed by atoms with van der Waals surface area (Å²) in [5.74, 6) is 0. The minimum atomic E-state index is 0.731. The van der Waals surface area contributed by atoms with E-state index >= 15 is 0 Å². The molecule has 0 aliphatic heterocycles. The van der Waals surface area contributed by atoms with Gasteiger partial charge in [-0.15, -0.1) is 11.8 Å². The second-order valence-corrected chi connectivity index (χ2v) is 3.12. The Labute approximate surface area is 76.6 Å². The number of thioether (sulfide) groups is 1. The second-order valence-electron chi connectivity index (χ2n) is 2.28. The highest BCUT2D eigenvalue weighted by atomic mass is 32.2. The number of nitrogens with zero attached hydrogens (tertiary/aromatic N) is 1. The lowest BCUT2D eigenvalue weighted by Crippen LogP contribution is -1.89. The Morgan fingerprint density at radius 2 is 2.25 bits per heavy atom. The van der Waals surface area contributed by atoms with Crippen LogP contribution in [0.15, 0.2) is 23.1 Å². The van der Waals surface area contributed by atoms with Crippen LogP contribution in [-0.4, -0.2) is 13.3 Å². The zero-order valence-corrected chi connectivity index (χ0v) is 7.90. The first-order chi connectivity index (χ1) is 5.81. The van der Waals surface area contributed by atoms with Crippen molar-refractivity contribution in [1.82, 2.24) is 0 Å². The molecule has 0 amide bonds. The van der Waals surface area contributed by atoms with Gasteiger partial charge in [-0.2, -0.15) is 5.26 Å². The summed E-state index contributed by atoms with van der Waals surface area (Å²) in [4.78, 5) is 1.02. The van der Waals surface area contributed by atoms with Crippen LogP contribution in [0.4, 0.5) is 5.69 Å². The molecule has 1 aromatic rings. The molecule has 0 bridgehead atoms. The number of benzene rings is 1. The van der Waals surface area contributed by atoms with Crippen LogP contribution in [0.3, 0.4) is 0 Å². The molecule has 0 heterocycles. The van der Waals surface area contributed by atoms with E-state index in [2.05, 4.69) is 11.4 Å². The molecule has 0 unspecified atom stereocenters. The third-order valence-electron chi connectivity index (χ3n) is 1.61. The third kappa shape index (κ3) is 1.72. The summed E-state index contributed by atoms with van der Waals surface area (Å²) in [7, 11) is 1.84. The maximum atomic E-state index is 8.78. The van der Waals surface area contributed by atoms with Crippen LogP contribution in [0.2, 0.25) is 0 Å². The lowest BCUT2D eigenvalue weighted by Gasteiger charge is -2.03. The van der Waals surface area contributed by atoms with Gasteiger partial charge in [-0.1, -0.05) is 0 Å². The number of hydrogen-bond acceptors (Lipinski definition) is 3. The Morgan fingerprint density at radius 3 is 2.75 bits per heavy atom. The Morgan fingerprint density at radius 1 is 1.50 bits per heavy atom. The van der Waals surface area contributed by atoms with E-state index in [1.165, 1.54) is 0 Å². The van der Waals surface area contributed by atoms with E-state index in [-0.39, 0.29) is 0 Å². The summed E-state index contributed by atoms with van der Waals surface area (Å²) in [6, 6.07) is 7.93. The van der Waals surface area contributed by atoms with E-state index in [9.17, 15) is 0 Å². The smallest absolute Gasteiger partial charge is 0.100 e. The molecule has 0 fully saturated rings. The van der Waals surface area contributed by atoms with Gasteiger partial charge in [0.1, 0.15) is 6.07 Å². The summed E-state index contributed by atoms with van der Waals surface area (Å²) in [5, 5.41) is 11.8. The highest BCUT2D eigenvalue weighted by Crippen LogP contribution is 2.22. The van der Waals surface area contributed by atoms with Crippen molar-refractivity contribution in [2.75, 3.05) is 18.6 Å². The van der Waals surface area contributed by atoms with Crippen molar-refractivity contribution < 1.29 is 0 Å². The molecule has 62 valence electrons. The molecule has 0 saturated heterocycles. The predicted octanol–water partition coefficient (Wildman–Crippen LogP) is 2.32. The standard InChI is InChI=1S/C9H10N2S/c1-11-8-3-4-9(12-2)7(5-8)6-10/h3-5,11H,1-2H3. The third-order valence-corrected chi connectivity index (χ3v) is 2.40. The van der Waals surface area contributed by atoms with E-state index in [4.69, 9.17) is 5.26 Å². The summed E-state index contributed by atoms with van der Waals surface area (Å²) in [6.07, 6.45) is 1.97. The van der Waals surface area contributed by atoms with Crippen molar-refractivity contribution in [3.8, 4) is 6.07 Å². The maximum Gasteiger partial charge on any atom is 0.100 e. The number of nitriles is 1. The van der Waals surface area contributed by atoms with Crippen molar-refractivity contribution in [3.05, 3.63) is 23.8 Å². The molecule has 1 aromatic carbocycles. The fraction of sp³-hybridized carbons (Fsp3) is 0.222. The van der Waals surface area contributed by atoms with E-state index in [1.54, 1.807) is 11.8 Å². The van der Waals surface area contributed by atoms with E-state index in [1.807, 2.05) is 31.5 Å². The Balaban J connectivity index is 3.13. The van der Waals surface area contributed by atoms with Gasteiger partial charge in [0.2, 0.25) is 0 Å². The van der Waals surface area contributed by atoms with Gasteiger partial charge in [0, 0.05) is 17.6 Å². The van der Waals surface area contributed by atoms with Gasteiger partial charge in [-0.25, -0.2) is 0 Å². The van der Waals surface area contributed by atoms with Gasteiger partial charge in [0.15, 0.2) is 0 Å². The molecule has 0 radical (unpaired) electrons. The summed E-state index contributed by atoms with van der Waals surface area (Å²) in [5.41, 5.74) is 1.71. The molecule has 0 saturated carbocycles. The SMILES string of the molecule is CNc1ccc(SC)c(C#N)c1. The topological polar surface area (TPSA) is 35.8 Å². The average molecular weight is 178 g/mol. The number of rotatable bonds is 2. The van der Waals surface area contributed by atoms with Crippen LogP contribution < -0.4 is 5.32 Å². The van der Waals surface area contributed by atoms with Crippen LogP contribution in [0, 0.1) is 11.3 Å². The Hall–Kier alpha value is -1.14. The summed E-state index contributed by atoms with van der Waals surface area (Å²) >= 11 is 1.59.